The molecule has 0 saturated carbocycles. The first-order valence-corrected chi connectivity index (χ1v) is 7.12. The van der Waals surface area contributed by atoms with Gasteiger partial charge in [-0.25, -0.2) is 4.39 Å². The van der Waals surface area contributed by atoms with Crippen molar-refractivity contribution in [3.8, 4) is 11.5 Å². The van der Waals surface area contributed by atoms with Crippen LogP contribution in [0.5, 0.6) is 11.5 Å². The van der Waals surface area contributed by atoms with E-state index in [9.17, 15) is 4.39 Å². The molecular formula is C17H18FNO2. The van der Waals surface area contributed by atoms with E-state index in [1.54, 1.807) is 6.07 Å². The first-order chi connectivity index (χ1) is 10.2. The fourth-order valence-electron chi connectivity index (χ4n) is 2.65. The summed E-state index contributed by atoms with van der Waals surface area (Å²) >= 11 is 0. The molecule has 0 fully saturated rings. The van der Waals surface area contributed by atoms with Gasteiger partial charge in [0.15, 0.2) is 0 Å². The van der Waals surface area contributed by atoms with Crippen LogP contribution in [0.4, 0.5) is 4.39 Å². The van der Waals surface area contributed by atoms with Gasteiger partial charge >= 0.3 is 0 Å². The number of nitrogens with two attached hydrogens (primary N) is 1. The molecule has 1 unspecified atom stereocenters. The van der Waals surface area contributed by atoms with Gasteiger partial charge in [0.25, 0.3) is 0 Å². The van der Waals surface area contributed by atoms with Crippen LogP contribution in [0.2, 0.25) is 0 Å². The minimum Gasteiger partial charge on any atom is -0.494 e. The topological polar surface area (TPSA) is 44.5 Å². The summed E-state index contributed by atoms with van der Waals surface area (Å²) in [7, 11) is 0. The van der Waals surface area contributed by atoms with Crippen LogP contribution in [-0.4, -0.2) is 6.61 Å². The summed E-state index contributed by atoms with van der Waals surface area (Å²) in [5, 5.41) is 0. The molecule has 0 aliphatic carbocycles. The standard InChI is InChI=1S/C17H18FNO2/c1-2-20-13-5-3-4-11(8-13)16-10-15(19)14-7-6-12(18)9-17(14)21-16/h3-9,15-16H,2,10,19H2,1H3/t15-,16?/m1/s1. The van der Waals surface area contributed by atoms with Gasteiger partial charge in [0.2, 0.25) is 0 Å². The fourth-order valence-corrected chi connectivity index (χ4v) is 2.65. The zero-order valence-electron chi connectivity index (χ0n) is 11.9. The van der Waals surface area contributed by atoms with E-state index in [-0.39, 0.29) is 18.0 Å². The summed E-state index contributed by atoms with van der Waals surface area (Å²) in [6.07, 6.45) is 0.475. The van der Waals surface area contributed by atoms with Crippen molar-refractivity contribution in [2.75, 3.05) is 6.61 Å². The molecule has 1 aliphatic rings. The average molecular weight is 287 g/mol. The van der Waals surface area contributed by atoms with E-state index in [2.05, 4.69) is 0 Å². The van der Waals surface area contributed by atoms with Crippen LogP contribution in [0.15, 0.2) is 42.5 Å². The number of benzene rings is 2. The van der Waals surface area contributed by atoms with E-state index in [0.717, 1.165) is 16.9 Å². The van der Waals surface area contributed by atoms with Crippen molar-refractivity contribution in [2.45, 2.75) is 25.5 Å². The highest BCUT2D eigenvalue weighted by Gasteiger charge is 2.27. The molecule has 110 valence electrons. The number of halogens is 1. The van der Waals surface area contributed by atoms with Crippen LogP contribution in [0.3, 0.4) is 0 Å². The monoisotopic (exact) mass is 287 g/mol. The quantitative estimate of drug-likeness (QED) is 0.935. The third-order valence-corrected chi connectivity index (χ3v) is 3.65. The van der Waals surface area contributed by atoms with Gasteiger partial charge in [-0.05, 0) is 30.7 Å². The van der Waals surface area contributed by atoms with Crippen molar-refractivity contribution in [3.05, 3.63) is 59.4 Å². The molecule has 2 aromatic rings. The number of hydrogen-bond acceptors (Lipinski definition) is 3. The Balaban J connectivity index is 1.89. The van der Waals surface area contributed by atoms with E-state index in [0.29, 0.717) is 18.8 Å². The molecule has 3 nitrogen and oxygen atoms in total. The minimum atomic E-state index is -0.315. The van der Waals surface area contributed by atoms with Gasteiger partial charge in [-0.2, -0.15) is 0 Å². The van der Waals surface area contributed by atoms with Gasteiger partial charge in [-0.15, -0.1) is 0 Å². The zero-order valence-corrected chi connectivity index (χ0v) is 11.9. The SMILES string of the molecule is CCOc1cccc(C2C[C@@H](N)c3ccc(F)cc3O2)c1. The number of hydrogen-bond donors (Lipinski definition) is 1. The second-order valence-electron chi connectivity index (χ2n) is 5.14. The number of fused-ring (bicyclic) bond motifs is 1. The Bertz CT molecular complexity index is 644. The molecule has 3 rings (SSSR count). The second-order valence-corrected chi connectivity index (χ2v) is 5.14. The molecular weight excluding hydrogens is 269 g/mol. The molecule has 1 aliphatic heterocycles. The maximum atomic E-state index is 13.4. The maximum Gasteiger partial charge on any atom is 0.127 e. The zero-order chi connectivity index (χ0) is 14.8. The third kappa shape index (κ3) is 2.85. The summed E-state index contributed by atoms with van der Waals surface area (Å²) in [5.74, 6) is 1.02. The Kier molecular flexibility index (Phi) is 3.80. The molecule has 0 saturated heterocycles. The Morgan fingerprint density at radius 1 is 1.29 bits per heavy atom. The number of ether oxygens (including phenoxy) is 2. The normalized spacial score (nSPS) is 20.5. The molecule has 2 atom stereocenters. The Labute approximate surface area is 123 Å². The largest absolute Gasteiger partial charge is 0.494 e. The summed E-state index contributed by atoms with van der Waals surface area (Å²) < 4.78 is 24.8. The summed E-state index contributed by atoms with van der Waals surface area (Å²) in [6, 6.07) is 12.1. The molecule has 1 heterocycles. The average Bonchev–Trinajstić information content (AvgIpc) is 2.47. The van der Waals surface area contributed by atoms with E-state index in [1.807, 2.05) is 31.2 Å². The van der Waals surface area contributed by atoms with Crippen LogP contribution in [-0.2, 0) is 0 Å². The molecule has 2 aromatic carbocycles. The lowest BCUT2D eigenvalue weighted by molar-refractivity contribution is 0.160. The Morgan fingerprint density at radius 3 is 2.95 bits per heavy atom. The van der Waals surface area contributed by atoms with E-state index < -0.39 is 0 Å². The van der Waals surface area contributed by atoms with Gasteiger partial charge in [0, 0.05) is 24.1 Å². The Morgan fingerprint density at radius 2 is 2.14 bits per heavy atom. The molecule has 21 heavy (non-hydrogen) atoms. The van der Waals surface area contributed by atoms with Crippen molar-refractivity contribution >= 4 is 0 Å². The van der Waals surface area contributed by atoms with E-state index in [1.165, 1.54) is 12.1 Å². The number of rotatable bonds is 3. The molecule has 0 spiro atoms. The molecule has 0 bridgehead atoms. The van der Waals surface area contributed by atoms with Crippen molar-refractivity contribution in [3.63, 3.8) is 0 Å². The lowest BCUT2D eigenvalue weighted by Gasteiger charge is -2.30. The summed E-state index contributed by atoms with van der Waals surface area (Å²) in [5.41, 5.74) is 8.03. The van der Waals surface area contributed by atoms with Crippen LogP contribution in [0.1, 0.15) is 36.6 Å². The molecule has 0 aromatic heterocycles. The van der Waals surface area contributed by atoms with Crippen molar-refractivity contribution in [1.82, 2.24) is 0 Å². The van der Waals surface area contributed by atoms with Gasteiger partial charge in [0.05, 0.1) is 6.61 Å². The predicted molar refractivity (Wildman–Crippen MR) is 78.9 cm³/mol. The summed E-state index contributed by atoms with van der Waals surface area (Å²) in [4.78, 5) is 0. The maximum absolute atomic E-state index is 13.4. The van der Waals surface area contributed by atoms with Gasteiger partial charge in [0.1, 0.15) is 23.4 Å². The van der Waals surface area contributed by atoms with Gasteiger partial charge < -0.3 is 15.2 Å². The van der Waals surface area contributed by atoms with E-state index >= 15 is 0 Å². The van der Waals surface area contributed by atoms with Crippen LogP contribution in [0.25, 0.3) is 0 Å². The first-order valence-electron chi connectivity index (χ1n) is 7.12. The minimum absolute atomic E-state index is 0.157. The highest BCUT2D eigenvalue weighted by atomic mass is 19.1. The van der Waals surface area contributed by atoms with Crippen LogP contribution in [0, 0.1) is 5.82 Å². The van der Waals surface area contributed by atoms with E-state index in [4.69, 9.17) is 15.2 Å². The lowest BCUT2D eigenvalue weighted by Crippen LogP contribution is -2.24. The highest BCUT2D eigenvalue weighted by molar-refractivity contribution is 5.40. The molecule has 0 amide bonds. The van der Waals surface area contributed by atoms with Gasteiger partial charge in [-0.1, -0.05) is 18.2 Å². The van der Waals surface area contributed by atoms with Crippen LogP contribution < -0.4 is 15.2 Å². The second kappa shape index (κ2) is 5.74. The lowest BCUT2D eigenvalue weighted by atomic mass is 9.93. The Hall–Kier alpha value is -2.07. The molecule has 0 radical (unpaired) electrons. The smallest absolute Gasteiger partial charge is 0.127 e. The summed E-state index contributed by atoms with van der Waals surface area (Å²) in [6.45, 7) is 2.56. The van der Waals surface area contributed by atoms with Crippen molar-refractivity contribution in [1.29, 1.82) is 0 Å². The van der Waals surface area contributed by atoms with Crippen LogP contribution >= 0.6 is 0 Å². The van der Waals surface area contributed by atoms with Crippen molar-refractivity contribution < 1.29 is 13.9 Å². The first kappa shape index (κ1) is 13.9. The highest BCUT2D eigenvalue weighted by Crippen LogP contribution is 2.40. The molecule has 2 N–H and O–H groups in total. The predicted octanol–water partition coefficient (Wildman–Crippen LogP) is 3.75. The molecule has 4 heteroatoms. The van der Waals surface area contributed by atoms with Crippen molar-refractivity contribution in [2.24, 2.45) is 5.73 Å². The van der Waals surface area contributed by atoms with Gasteiger partial charge in [-0.3, -0.25) is 0 Å². The third-order valence-electron chi connectivity index (χ3n) is 3.65. The fraction of sp³-hybridized carbons (Fsp3) is 0.294.